The number of carbonyl (C=O) groups is 2. The molecule has 0 aromatic carbocycles. The van der Waals surface area contributed by atoms with Crippen molar-refractivity contribution in [3.05, 3.63) is 33.9 Å². The van der Waals surface area contributed by atoms with Crippen LogP contribution >= 0.6 is 11.3 Å². The van der Waals surface area contributed by atoms with Crippen molar-refractivity contribution < 1.29 is 14.0 Å². The minimum absolute atomic E-state index is 0.0129. The quantitative estimate of drug-likeness (QED) is 0.842. The standard InChI is InChI=1S/C20H28N4O3S/c1-12-16(27-13(2)22-12)18(25)24-9-6-14(7-10-24)15(17-21-8-11-28-17)23-19(26)20(3,4)5/h8,11,14-15H,6-7,9-10H2,1-5H3,(H,23,26)/t15-/m0/s1. The van der Waals surface area contributed by atoms with E-state index in [1.165, 1.54) is 0 Å². The fraction of sp³-hybridized carbons (Fsp3) is 0.600. The van der Waals surface area contributed by atoms with Crippen LogP contribution in [-0.2, 0) is 4.79 Å². The fourth-order valence-electron chi connectivity index (χ4n) is 3.44. The van der Waals surface area contributed by atoms with E-state index in [9.17, 15) is 9.59 Å². The van der Waals surface area contributed by atoms with Crippen molar-refractivity contribution in [3.63, 3.8) is 0 Å². The highest BCUT2D eigenvalue weighted by molar-refractivity contribution is 7.09. The molecule has 1 atom stereocenters. The lowest BCUT2D eigenvalue weighted by atomic mass is 9.87. The molecular formula is C20H28N4O3S. The molecule has 0 spiro atoms. The average Bonchev–Trinajstić information content (AvgIpc) is 3.27. The molecule has 3 heterocycles. The van der Waals surface area contributed by atoms with Crippen LogP contribution in [0.3, 0.4) is 0 Å². The topological polar surface area (TPSA) is 88.3 Å². The van der Waals surface area contributed by atoms with Gasteiger partial charge in [0.25, 0.3) is 5.91 Å². The first kappa shape index (κ1) is 20.5. The zero-order valence-electron chi connectivity index (χ0n) is 17.1. The number of amides is 2. The second-order valence-corrected chi connectivity index (χ2v) is 9.27. The summed E-state index contributed by atoms with van der Waals surface area (Å²) in [6.07, 6.45) is 3.36. The molecule has 28 heavy (non-hydrogen) atoms. The third kappa shape index (κ3) is 4.43. The Morgan fingerprint density at radius 1 is 1.29 bits per heavy atom. The number of nitrogens with one attached hydrogen (secondary N) is 1. The maximum Gasteiger partial charge on any atom is 0.291 e. The summed E-state index contributed by atoms with van der Waals surface area (Å²) in [5.74, 6) is 0.969. The Kier molecular flexibility index (Phi) is 5.88. The van der Waals surface area contributed by atoms with E-state index in [0.717, 1.165) is 17.8 Å². The molecule has 2 aromatic heterocycles. The molecule has 1 aliphatic rings. The van der Waals surface area contributed by atoms with Crippen LogP contribution in [0.5, 0.6) is 0 Å². The predicted octanol–water partition coefficient (Wildman–Crippen LogP) is 3.50. The highest BCUT2D eigenvalue weighted by Gasteiger charge is 2.35. The van der Waals surface area contributed by atoms with Gasteiger partial charge in [-0.25, -0.2) is 9.97 Å². The molecule has 0 bridgehead atoms. The number of likely N-dealkylation sites (tertiary alicyclic amines) is 1. The summed E-state index contributed by atoms with van der Waals surface area (Å²) in [5.41, 5.74) is 0.163. The van der Waals surface area contributed by atoms with Gasteiger partial charge in [0.15, 0.2) is 5.89 Å². The molecular weight excluding hydrogens is 376 g/mol. The van der Waals surface area contributed by atoms with Crippen molar-refractivity contribution in [2.45, 2.75) is 53.5 Å². The molecule has 1 N–H and O–H groups in total. The SMILES string of the molecule is Cc1nc(C)c(C(=O)N2CCC([C@H](NC(=O)C(C)(C)C)c3nccs3)CC2)o1. The van der Waals surface area contributed by atoms with Gasteiger partial charge < -0.3 is 14.6 Å². The van der Waals surface area contributed by atoms with Crippen molar-refractivity contribution in [3.8, 4) is 0 Å². The summed E-state index contributed by atoms with van der Waals surface area (Å²) < 4.78 is 5.48. The van der Waals surface area contributed by atoms with E-state index < -0.39 is 5.41 Å². The number of piperidine rings is 1. The predicted molar refractivity (Wildman–Crippen MR) is 107 cm³/mol. The van der Waals surface area contributed by atoms with Gasteiger partial charge >= 0.3 is 0 Å². The van der Waals surface area contributed by atoms with Gasteiger partial charge in [-0.1, -0.05) is 20.8 Å². The van der Waals surface area contributed by atoms with Gasteiger partial charge in [0, 0.05) is 37.0 Å². The first-order valence-corrected chi connectivity index (χ1v) is 10.5. The number of hydrogen-bond donors (Lipinski definition) is 1. The van der Waals surface area contributed by atoms with Crippen LogP contribution in [-0.4, -0.2) is 39.8 Å². The smallest absolute Gasteiger partial charge is 0.291 e. The lowest BCUT2D eigenvalue weighted by Gasteiger charge is -2.36. The van der Waals surface area contributed by atoms with Gasteiger partial charge in [-0.05, 0) is 25.7 Å². The highest BCUT2D eigenvalue weighted by atomic mass is 32.1. The summed E-state index contributed by atoms with van der Waals surface area (Å²) in [6, 6.07) is -0.127. The molecule has 1 saturated heterocycles. The van der Waals surface area contributed by atoms with E-state index in [-0.39, 0.29) is 23.8 Å². The van der Waals surface area contributed by atoms with Crippen molar-refractivity contribution in [2.75, 3.05) is 13.1 Å². The van der Waals surface area contributed by atoms with Crippen molar-refractivity contribution in [2.24, 2.45) is 11.3 Å². The molecule has 0 saturated carbocycles. The van der Waals surface area contributed by atoms with Gasteiger partial charge in [0.1, 0.15) is 5.01 Å². The van der Waals surface area contributed by atoms with Crippen LogP contribution in [0, 0.1) is 25.2 Å². The molecule has 8 heteroatoms. The monoisotopic (exact) mass is 404 g/mol. The Morgan fingerprint density at radius 3 is 2.46 bits per heavy atom. The summed E-state index contributed by atoms with van der Waals surface area (Å²) in [6.45, 7) is 10.5. The maximum absolute atomic E-state index is 12.8. The Balaban J connectivity index is 1.69. The van der Waals surface area contributed by atoms with Crippen molar-refractivity contribution >= 4 is 23.2 Å². The van der Waals surface area contributed by atoms with E-state index in [4.69, 9.17) is 4.42 Å². The van der Waals surface area contributed by atoms with Gasteiger partial charge in [-0.15, -0.1) is 11.3 Å². The normalized spacial score (nSPS) is 16.8. The summed E-state index contributed by atoms with van der Waals surface area (Å²) in [7, 11) is 0. The molecule has 0 aliphatic carbocycles. The largest absolute Gasteiger partial charge is 0.436 e. The fourth-order valence-corrected chi connectivity index (χ4v) is 4.22. The van der Waals surface area contributed by atoms with Gasteiger partial charge in [0.2, 0.25) is 11.7 Å². The number of aromatic nitrogens is 2. The highest BCUT2D eigenvalue weighted by Crippen LogP contribution is 2.33. The van der Waals surface area contributed by atoms with E-state index in [0.29, 0.717) is 30.4 Å². The zero-order chi connectivity index (χ0) is 20.5. The van der Waals surface area contributed by atoms with E-state index >= 15 is 0 Å². The average molecular weight is 405 g/mol. The van der Waals surface area contributed by atoms with Gasteiger partial charge in [-0.3, -0.25) is 9.59 Å². The Labute approximate surface area is 169 Å². The van der Waals surface area contributed by atoms with Crippen LogP contribution < -0.4 is 5.32 Å². The number of rotatable bonds is 4. The molecule has 0 unspecified atom stereocenters. The Morgan fingerprint density at radius 2 is 1.96 bits per heavy atom. The van der Waals surface area contributed by atoms with Crippen molar-refractivity contribution in [1.29, 1.82) is 0 Å². The third-order valence-electron chi connectivity index (χ3n) is 5.08. The van der Waals surface area contributed by atoms with E-state index in [1.807, 2.05) is 31.1 Å². The lowest BCUT2D eigenvalue weighted by molar-refractivity contribution is -0.129. The van der Waals surface area contributed by atoms with Crippen LogP contribution in [0.25, 0.3) is 0 Å². The summed E-state index contributed by atoms with van der Waals surface area (Å²) >= 11 is 1.56. The second kappa shape index (κ2) is 8.03. The first-order chi connectivity index (χ1) is 13.2. The van der Waals surface area contributed by atoms with Crippen LogP contribution in [0.15, 0.2) is 16.0 Å². The molecule has 2 aromatic rings. The van der Waals surface area contributed by atoms with E-state index in [2.05, 4.69) is 15.3 Å². The van der Waals surface area contributed by atoms with Gasteiger partial charge in [0.05, 0.1) is 11.7 Å². The number of thiazole rings is 1. The first-order valence-electron chi connectivity index (χ1n) is 9.60. The van der Waals surface area contributed by atoms with Gasteiger partial charge in [-0.2, -0.15) is 0 Å². The molecule has 0 radical (unpaired) electrons. The third-order valence-corrected chi connectivity index (χ3v) is 5.94. The molecule has 1 fully saturated rings. The number of aryl methyl sites for hydroxylation is 2. The molecule has 2 amide bonds. The minimum Gasteiger partial charge on any atom is -0.436 e. The van der Waals surface area contributed by atoms with Crippen LogP contribution in [0.4, 0.5) is 0 Å². The summed E-state index contributed by atoms with van der Waals surface area (Å²) in [4.78, 5) is 35.8. The number of hydrogen-bond acceptors (Lipinski definition) is 6. The molecule has 152 valence electrons. The number of carbonyl (C=O) groups excluding carboxylic acids is 2. The summed E-state index contributed by atoms with van der Waals surface area (Å²) in [5, 5.41) is 6.04. The number of oxazole rings is 1. The van der Waals surface area contributed by atoms with Crippen LogP contribution in [0.2, 0.25) is 0 Å². The Bertz CT molecular complexity index is 830. The maximum atomic E-state index is 12.8. The number of nitrogens with zero attached hydrogens (tertiary/aromatic N) is 3. The molecule has 3 rings (SSSR count). The van der Waals surface area contributed by atoms with Crippen LogP contribution in [0.1, 0.15) is 66.8 Å². The minimum atomic E-state index is -0.464. The molecule has 7 nitrogen and oxygen atoms in total. The van der Waals surface area contributed by atoms with Crippen molar-refractivity contribution in [1.82, 2.24) is 20.2 Å². The molecule has 1 aliphatic heterocycles. The zero-order valence-corrected chi connectivity index (χ0v) is 17.9. The van der Waals surface area contributed by atoms with E-state index in [1.54, 1.807) is 31.4 Å². The Hall–Kier alpha value is -2.22. The lowest BCUT2D eigenvalue weighted by Crippen LogP contribution is -2.45. The second-order valence-electron chi connectivity index (χ2n) is 8.35.